The molecule has 0 saturated carbocycles. The van der Waals surface area contributed by atoms with Gasteiger partial charge in [-0.25, -0.2) is 15.0 Å². The van der Waals surface area contributed by atoms with Gasteiger partial charge in [-0.3, -0.25) is 0 Å². The van der Waals surface area contributed by atoms with Gasteiger partial charge >= 0.3 is 0 Å². The first-order chi connectivity index (χ1) is 6.22. The molecule has 13 heavy (non-hydrogen) atoms. The maximum Gasteiger partial charge on any atom is 0.134 e. The predicted octanol–water partition coefficient (Wildman–Crippen LogP) is 1.07. The molecule has 0 aliphatic carbocycles. The molecule has 0 aliphatic rings. The molecule has 0 radical (unpaired) electrons. The van der Waals surface area contributed by atoms with E-state index in [2.05, 4.69) is 15.0 Å². The van der Waals surface area contributed by atoms with Gasteiger partial charge in [0.2, 0.25) is 0 Å². The van der Waals surface area contributed by atoms with Crippen LogP contribution in [0.5, 0.6) is 0 Å². The van der Waals surface area contributed by atoms with Gasteiger partial charge in [-0.15, -0.1) is 0 Å². The highest BCUT2D eigenvalue weighted by atomic mass is 16.5. The van der Waals surface area contributed by atoms with Crippen molar-refractivity contribution in [3.05, 3.63) is 17.5 Å². The average Bonchev–Trinajstić information content (AvgIpc) is 2.03. The summed E-state index contributed by atoms with van der Waals surface area (Å²) in [5.74, 6) is 2.37. The highest BCUT2D eigenvalue weighted by Gasteiger charge is 1.99. The first kappa shape index (κ1) is 10.1. The molecule has 72 valence electrons. The zero-order chi connectivity index (χ0) is 9.68. The molecule has 4 nitrogen and oxygen atoms in total. The number of hydrogen-bond donors (Lipinski definition) is 0. The van der Waals surface area contributed by atoms with Crippen molar-refractivity contribution in [2.24, 2.45) is 0 Å². The molecule has 1 aromatic rings. The van der Waals surface area contributed by atoms with Crippen LogP contribution in [0.25, 0.3) is 0 Å². The van der Waals surface area contributed by atoms with Crippen molar-refractivity contribution in [2.75, 3.05) is 13.2 Å². The van der Waals surface area contributed by atoms with Gasteiger partial charge in [0.05, 0.1) is 6.61 Å². The molecule has 0 saturated heterocycles. The fourth-order valence-electron chi connectivity index (χ4n) is 1.10. The lowest BCUT2D eigenvalue weighted by atomic mass is 10.4. The van der Waals surface area contributed by atoms with Gasteiger partial charge in [-0.1, -0.05) is 0 Å². The minimum absolute atomic E-state index is 0.680. The van der Waals surface area contributed by atoms with Crippen LogP contribution in [-0.4, -0.2) is 28.2 Å². The SMILES string of the molecule is CCOCCc1nc(C)nc(C)n1. The number of rotatable bonds is 4. The maximum atomic E-state index is 5.22. The van der Waals surface area contributed by atoms with E-state index < -0.39 is 0 Å². The number of hydrogen-bond acceptors (Lipinski definition) is 4. The zero-order valence-electron chi connectivity index (χ0n) is 8.37. The summed E-state index contributed by atoms with van der Waals surface area (Å²) in [5, 5.41) is 0. The monoisotopic (exact) mass is 181 g/mol. The van der Waals surface area contributed by atoms with E-state index in [0.717, 1.165) is 30.5 Å². The summed E-state index contributed by atoms with van der Waals surface area (Å²) in [6, 6.07) is 0. The summed E-state index contributed by atoms with van der Waals surface area (Å²) in [6.45, 7) is 7.14. The van der Waals surface area contributed by atoms with E-state index in [1.165, 1.54) is 0 Å². The van der Waals surface area contributed by atoms with Crippen molar-refractivity contribution in [1.29, 1.82) is 0 Å². The lowest BCUT2D eigenvalue weighted by Crippen LogP contribution is -2.06. The second kappa shape index (κ2) is 4.87. The van der Waals surface area contributed by atoms with Crippen LogP contribution in [0, 0.1) is 13.8 Å². The quantitative estimate of drug-likeness (QED) is 0.652. The molecule has 0 fully saturated rings. The predicted molar refractivity (Wildman–Crippen MR) is 49.5 cm³/mol. The molecular weight excluding hydrogens is 166 g/mol. The van der Waals surface area contributed by atoms with Crippen LogP contribution in [-0.2, 0) is 11.2 Å². The van der Waals surface area contributed by atoms with Crippen LogP contribution in [0.15, 0.2) is 0 Å². The Kier molecular flexibility index (Phi) is 3.76. The van der Waals surface area contributed by atoms with Crippen molar-refractivity contribution in [3.8, 4) is 0 Å². The Labute approximate surface area is 78.4 Å². The van der Waals surface area contributed by atoms with Gasteiger partial charge < -0.3 is 4.74 Å². The highest BCUT2D eigenvalue weighted by Crippen LogP contribution is 1.95. The summed E-state index contributed by atoms with van der Waals surface area (Å²) < 4.78 is 5.22. The molecule has 0 atom stereocenters. The van der Waals surface area contributed by atoms with Crippen LogP contribution in [0.2, 0.25) is 0 Å². The molecule has 1 rings (SSSR count). The number of aromatic nitrogens is 3. The molecule has 0 spiro atoms. The second-order valence-electron chi connectivity index (χ2n) is 2.79. The molecule has 0 unspecified atom stereocenters. The first-order valence-electron chi connectivity index (χ1n) is 4.48. The van der Waals surface area contributed by atoms with Crippen LogP contribution in [0.1, 0.15) is 24.4 Å². The Morgan fingerprint density at radius 2 is 1.69 bits per heavy atom. The smallest absolute Gasteiger partial charge is 0.134 e. The van der Waals surface area contributed by atoms with Crippen molar-refractivity contribution >= 4 is 0 Å². The molecule has 1 heterocycles. The van der Waals surface area contributed by atoms with E-state index in [4.69, 9.17) is 4.74 Å². The minimum Gasteiger partial charge on any atom is -0.381 e. The second-order valence-corrected chi connectivity index (χ2v) is 2.79. The number of ether oxygens (including phenoxy) is 1. The van der Waals surface area contributed by atoms with E-state index >= 15 is 0 Å². The van der Waals surface area contributed by atoms with E-state index in [9.17, 15) is 0 Å². The van der Waals surface area contributed by atoms with E-state index in [-0.39, 0.29) is 0 Å². The van der Waals surface area contributed by atoms with E-state index in [1.54, 1.807) is 0 Å². The summed E-state index contributed by atoms with van der Waals surface area (Å²) in [5.41, 5.74) is 0. The Balaban J connectivity index is 2.56. The van der Waals surface area contributed by atoms with Gasteiger partial charge in [0.25, 0.3) is 0 Å². The van der Waals surface area contributed by atoms with E-state index in [0.29, 0.717) is 6.61 Å². The Morgan fingerprint density at radius 1 is 1.08 bits per heavy atom. The van der Waals surface area contributed by atoms with Crippen LogP contribution < -0.4 is 0 Å². The van der Waals surface area contributed by atoms with Crippen LogP contribution >= 0.6 is 0 Å². The third-order valence-corrected chi connectivity index (χ3v) is 1.58. The first-order valence-corrected chi connectivity index (χ1v) is 4.48. The molecule has 0 bridgehead atoms. The molecule has 4 heteroatoms. The van der Waals surface area contributed by atoms with Gasteiger partial charge in [0.15, 0.2) is 0 Å². The zero-order valence-corrected chi connectivity index (χ0v) is 8.37. The van der Waals surface area contributed by atoms with Gasteiger partial charge in [-0.05, 0) is 20.8 Å². The fraction of sp³-hybridized carbons (Fsp3) is 0.667. The summed E-state index contributed by atoms with van der Waals surface area (Å²) >= 11 is 0. The van der Waals surface area contributed by atoms with Crippen LogP contribution in [0.3, 0.4) is 0 Å². The van der Waals surface area contributed by atoms with Crippen molar-refractivity contribution in [3.63, 3.8) is 0 Å². The summed E-state index contributed by atoms with van der Waals surface area (Å²) in [4.78, 5) is 12.5. The summed E-state index contributed by atoms with van der Waals surface area (Å²) in [7, 11) is 0. The Morgan fingerprint density at radius 3 is 2.23 bits per heavy atom. The molecule has 0 amide bonds. The highest BCUT2D eigenvalue weighted by molar-refractivity contribution is 4.94. The van der Waals surface area contributed by atoms with Gasteiger partial charge in [0.1, 0.15) is 17.5 Å². The van der Waals surface area contributed by atoms with Gasteiger partial charge in [-0.2, -0.15) is 0 Å². The van der Waals surface area contributed by atoms with Crippen molar-refractivity contribution in [1.82, 2.24) is 15.0 Å². The standard InChI is InChI=1S/C9H15N3O/c1-4-13-6-5-9-11-7(2)10-8(3)12-9/h4-6H2,1-3H3. The summed E-state index contributed by atoms with van der Waals surface area (Å²) in [6.07, 6.45) is 0.762. The average molecular weight is 181 g/mol. The third-order valence-electron chi connectivity index (χ3n) is 1.58. The van der Waals surface area contributed by atoms with Crippen LogP contribution in [0.4, 0.5) is 0 Å². The third kappa shape index (κ3) is 3.46. The normalized spacial score (nSPS) is 10.4. The fourth-order valence-corrected chi connectivity index (χ4v) is 1.10. The topological polar surface area (TPSA) is 47.9 Å². The Bertz CT molecular complexity index is 255. The largest absolute Gasteiger partial charge is 0.381 e. The maximum absolute atomic E-state index is 5.22. The molecule has 0 aliphatic heterocycles. The lowest BCUT2D eigenvalue weighted by Gasteiger charge is -2.02. The van der Waals surface area contributed by atoms with Gasteiger partial charge in [0, 0.05) is 13.0 Å². The lowest BCUT2D eigenvalue weighted by molar-refractivity contribution is 0.149. The number of aryl methyl sites for hydroxylation is 2. The molecule has 1 aromatic heterocycles. The number of nitrogens with zero attached hydrogens (tertiary/aromatic N) is 3. The Hall–Kier alpha value is -1.03. The van der Waals surface area contributed by atoms with E-state index in [1.807, 2.05) is 20.8 Å². The van der Waals surface area contributed by atoms with Crippen molar-refractivity contribution in [2.45, 2.75) is 27.2 Å². The van der Waals surface area contributed by atoms with Crippen molar-refractivity contribution < 1.29 is 4.74 Å². The molecule has 0 aromatic carbocycles. The molecule has 0 N–H and O–H groups in total. The minimum atomic E-state index is 0.680. The molecular formula is C9H15N3O.